The molecule has 2 rings (SSSR count). The first-order chi connectivity index (χ1) is 13.0. The Bertz CT molecular complexity index is 662. The van der Waals surface area contributed by atoms with Crippen LogP contribution in [0.15, 0.2) is 36.4 Å². The van der Waals surface area contributed by atoms with Gasteiger partial charge in [0.15, 0.2) is 0 Å². The lowest BCUT2D eigenvalue weighted by molar-refractivity contribution is 0.567. The van der Waals surface area contributed by atoms with Gasteiger partial charge in [0.2, 0.25) is 5.95 Å². The highest BCUT2D eigenvalue weighted by Crippen LogP contribution is 2.24. The number of unbranched alkanes of at least 4 members (excludes halogenated alkanes) is 5. The van der Waals surface area contributed by atoms with Crippen molar-refractivity contribution in [3.8, 4) is 0 Å². The van der Waals surface area contributed by atoms with Gasteiger partial charge in [0, 0.05) is 24.6 Å². The van der Waals surface area contributed by atoms with Crippen LogP contribution in [-0.2, 0) is 12.0 Å². The lowest BCUT2D eigenvalue weighted by Crippen LogP contribution is -2.17. The van der Waals surface area contributed by atoms with Crippen LogP contribution in [0, 0.1) is 0 Å². The molecule has 0 fully saturated rings. The first-order valence-corrected chi connectivity index (χ1v) is 10.4. The van der Waals surface area contributed by atoms with Crippen LogP contribution in [0.25, 0.3) is 0 Å². The van der Waals surface area contributed by atoms with E-state index in [0.29, 0.717) is 0 Å². The largest absolute Gasteiger partial charge is 0.366 e. The van der Waals surface area contributed by atoms with Crippen molar-refractivity contribution in [3.05, 3.63) is 47.7 Å². The van der Waals surface area contributed by atoms with Gasteiger partial charge < -0.3 is 10.6 Å². The van der Waals surface area contributed by atoms with E-state index in [4.69, 9.17) is 4.98 Å². The smallest absolute Gasteiger partial charge is 0.224 e. The van der Waals surface area contributed by atoms with Crippen LogP contribution in [-0.4, -0.2) is 16.5 Å². The van der Waals surface area contributed by atoms with E-state index < -0.39 is 0 Å². The third-order valence-corrected chi connectivity index (χ3v) is 4.62. The first kappa shape index (κ1) is 21.2. The summed E-state index contributed by atoms with van der Waals surface area (Å²) in [6.45, 7) is 10.5. The van der Waals surface area contributed by atoms with Crippen LogP contribution in [0.3, 0.4) is 0 Å². The maximum absolute atomic E-state index is 4.74. The second-order valence-electron chi connectivity index (χ2n) is 8.25. The van der Waals surface area contributed by atoms with Gasteiger partial charge in [-0.25, -0.2) is 4.98 Å². The summed E-state index contributed by atoms with van der Waals surface area (Å²) in [5, 5.41) is 6.87. The van der Waals surface area contributed by atoms with Crippen molar-refractivity contribution >= 4 is 11.8 Å². The minimum Gasteiger partial charge on any atom is -0.366 e. The molecule has 1 aromatic carbocycles. The number of aromatic nitrogens is 2. The van der Waals surface area contributed by atoms with Crippen molar-refractivity contribution in [3.63, 3.8) is 0 Å². The van der Waals surface area contributed by atoms with Crippen molar-refractivity contribution in [2.24, 2.45) is 0 Å². The normalized spacial score (nSPS) is 11.4. The highest BCUT2D eigenvalue weighted by molar-refractivity contribution is 5.44. The Morgan fingerprint density at radius 3 is 2.26 bits per heavy atom. The molecule has 0 spiro atoms. The van der Waals surface area contributed by atoms with Gasteiger partial charge in [-0.05, 0) is 12.0 Å². The van der Waals surface area contributed by atoms with Gasteiger partial charge in [0.25, 0.3) is 0 Å². The molecule has 2 aromatic rings. The fourth-order valence-electron chi connectivity index (χ4n) is 2.90. The summed E-state index contributed by atoms with van der Waals surface area (Å²) >= 11 is 0. The minimum atomic E-state index is -0.0112. The quantitative estimate of drug-likeness (QED) is 0.466. The molecule has 27 heavy (non-hydrogen) atoms. The molecule has 0 aliphatic rings. The number of nitrogens with one attached hydrogen (secondary N) is 2. The van der Waals surface area contributed by atoms with Crippen LogP contribution in [0.2, 0.25) is 0 Å². The Hall–Kier alpha value is -2.10. The predicted molar refractivity (Wildman–Crippen MR) is 116 cm³/mol. The van der Waals surface area contributed by atoms with Crippen LogP contribution in [0.1, 0.15) is 77.5 Å². The average Bonchev–Trinajstić information content (AvgIpc) is 2.66. The zero-order valence-corrected chi connectivity index (χ0v) is 17.5. The lowest BCUT2D eigenvalue weighted by atomic mass is 9.92. The molecule has 0 bridgehead atoms. The molecule has 0 aliphatic carbocycles. The molecule has 4 nitrogen and oxygen atoms in total. The Morgan fingerprint density at radius 2 is 1.56 bits per heavy atom. The van der Waals surface area contributed by atoms with E-state index >= 15 is 0 Å². The molecule has 0 atom stereocenters. The number of hydrogen-bond acceptors (Lipinski definition) is 4. The van der Waals surface area contributed by atoms with Gasteiger partial charge in [0.1, 0.15) is 5.82 Å². The lowest BCUT2D eigenvalue weighted by Gasteiger charge is -2.20. The molecular formula is C23H36N4. The molecule has 2 N–H and O–H groups in total. The van der Waals surface area contributed by atoms with Gasteiger partial charge in [0.05, 0.1) is 5.69 Å². The van der Waals surface area contributed by atoms with E-state index in [9.17, 15) is 0 Å². The standard InChI is InChI=1S/C23H36N4/c1-5-6-7-8-9-13-16-24-22-26-20(23(2,3)4)17-21(27-22)25-18-19-14-11-10-12-15-19/h10-12,14-15,17H,5-9,13,16,18H2,1-4H3,(H2,24,25,26,27). The molecule has 0 aliphatic heterocycles. The first-order valence-electron chi connectivity index (χ1n) is 10.4. The predicted octanol–water partition coefficient (Wildman–Crippen LogP) is 6.16. The molecule has 0 saturated heterocycles. The molecule has 0 amide bonds. The Balaban J connectivity index is 1.94. The molecule has 0 unspecified atom stereocenters. The summed E-state index contributed by atoms with van der Waals surface area (Å²) in [6, 6.07) is 12.5. The van der Waals surface area contributed by atoms with Crippen LogP contribution >= 0.6 is 0 Å². The summed E-state index contributed by atoms with van der Waals surface area (Å²) in [5.41, 5.74) is 2.29. The van der Waals surface area contributed by atoms with Gasteiger partial charge in [-0.15, -0.1) is 0 Å². The maximum Gasteiger partial charge on any atom is 0.224 e. The second-order valence-corrected chi connectivity index (χ2v) is 8.25. The third-order valence-electron chi connectivity index (χ3n) is 4.62. The van der Waals surface area contributed by atoms with E-state index in [1.807, 2.05) is 6.07 Å². The van der Waals surface area contributed by atoms with Crippen molar-refractivity contribution in [1.29, 1.82) is 0 Å². The van der Waals surface area contributed by atoms with Gasteiger partial charge >= 0.3 is 0 Å². The van der Waals surface area contributed by atoms with E-state index in [1.54, 1.807) is 0 Å². The van der Waals surface area contributed by atoms with Crippen molar-refractivity contribution < 1.29 is 0 Å². The van der Waals surface area contributed by atoms with E-state index in [-0.39, 0.29) is 5.41 Å². The van der Waals surface area contributed by atoms with E-state index in [0.717, 1.165) is 30.5 Å². The van der Waals surface area contributed by atoms with Gasteiger partial charge in [-0.1, -0.05) is 90.1 Å². The van der Waals surface area contributed by atoms with Crippen molar-refractivity contribution in [2.45, 2.75) is 78.2 Å². The number of anilines is 2. The van der Waals surface area contributed by atoms with Gasteiger partial charge in [-0.2, -0.15) is 4.98 Å². The topological polar surface area (TPSA) is 49.8 Å². The average molecular weight is 369 g/mol. The summed E-state index contributed by atoms with van der Waals surface area (Å²) in [6.07, 6.45) is 7.75. The third kappa shape index (κ3) is 7.98. The zero-order chi connectivity index (χ0) is 19.5. The number of hydrogen-bond donors (Lipinski definition) is 2. The highest BCUT2D eigenvalue weighted by atomic mass is 15.1. The van der Waals surface area contributed by atoms with Crippen LogP contribution in [0.5, 0.6) is 0 Å². The van der Waals surface area contributed by atoms with Crippen LogP contribution in [0.4, 0.5) is 11.8 Å². The fourth-order valence-corrected chi connectivity index (χ4v) is 2.90. The van der Waals surface area contributed by atoms with E-state index in [1.165, 1.54) is 44.1 Å². The fraction of sp³-hybridized carbons (Fsp3) is 0.565. The summed E-state index contributed by atoms with van der Waals surface area (Å²) in [7, 11) is 0. The summed E-state index contributed by atoms with van der Waals surface area (Å²) in [5.74, 6) is 1.61. The number of benzene rings is 1. The number of rotatable bonds is 11. The SMILES string of the molecule is CCCCCCCCNc1nc(NCc2ccccc2)cc(C(C)(C)C)n1. The zero-order valence-electron chi connectivity index (χ0n) is 17.5. The van der Waals surface area contributed by atoms with Crippen molar-refractivity contribution in [1.82, 2.24) is 9.97 Å². The Morgan fingerprint density at radius 1 is 0.852 bits per heavy atom. The molecule has 1 heterocycles. The molecule has 0 radical (unpaired) electrons. The highest BCUT2D eigenvalue weighted by Gasteiger charge is 2.18. The minimum absolute atomic E-state index is 0.0112. The van der Waals surface area contributed by atoms with Crippen LogP contribution < -0.4 is 10.6 Å². The number of nitrogens with zero attached hydrogens (tertiary/aromatic N) is 2. The van der Waals surface area contributed by atoms with Gasteiger partial charge in [-0.3, -0.25) is 0 Å². The second kappa shape index (κ2) is 10.9. The monoisotopic (exact) mass is 368 g/mol. The molecule has 148 valence electrons. The molecular weight excluding hydrogens is 332 g/mol. The Kier molecular flexibility index (Phi) is 8.56. The van der Waals surface area contributed by atoms with E-state index in [2.05, 4.69) is 73.6 Å². The maximum atomic E-state index is 4.74. The summed E-state index contributed by atoms with van der Waals surface area (Å²) in [4.78, 5) is 9.42. The Labute approximate surface area is 165 Å². The van der Waals surface area contributed by atoms with Crippen molar-refractivity contribution in [2.75, 3.05) is 17.2 Å². The molecule has 0 saturated carbocycles. The molecule has 4 heteroatoms. The molecule has 1 aromatic heterocycles. The summed E-state index contributed by atoms with van der Waals surface area (Å²) < 4.78 is 0.